The van der Waals surface area contributed by atoms with Gasteiger partial charge in [0.05, 0.1) is 15.5 Å². The minimum Gasteiger partial charge on any atom is -0.318 e. The predicted octanol–water partition coefficient (Wildman–Crippen LogP) is 5.51. The highest BCUT2D eigenvalue weighted by Gasteiger charge is 2.24. The molecule has 4 rings (SSSR count). The third-order valence-corrected chi connectivity index (χ3v) is 6.07. The summed E-state index contributed by atoms with van der Waals surface area (Å²) in [7, 11) is 0. The number of thioether (sulfide) groups is 1. The topological polar surface area (TPSA) is 89.5 Å². The summed E-state index contributed by atoms with van der Waals surface area (Å²) in [6, 6.07) is 14.5. The van der Waals surface area contributed by atoms with Gasteiger partial charge in [0.15, 0.2) is 5.17 Å². The van der Waals surface area contributed by atoms with Crippen molar-refractivity contribution >= 4 is 40.3 Å². The number of carbonyl (C=O) groups is 1. The normalized spacial score (nSPS) is 16.1. The molecule has 0 aliphatic carbocycles. The van der Waals surface area contributed by atoms with Gasteiger partial charge >= 0.3 is 0 Å². The van der Waals surface area contributed by atoms with Gasteiger partial charge in [0.1, 0.15) is 0 Å². The van der Waals surface area contributed by atoms with Crippen LogP contribution < -0.4 is 5.32 Å². The van der Waals surface area contributed by atoms with Gasteiger partial charge in [-0.1, -0.05) is 6.07 Å². The Hall–Kier alpha value is -3.65. The van der Waals surface area contributed by atoms with Crippen LogP contribution in [0, 0.1) is 37.8 Å². The Morgan fingerprint density at radius 2 is 1.69 bits per heavy atom. The lowest BCUT2D eigenvalue weighted by molar-refractivity contribution is -0.384. The number of amides is 1. The highest BCUT2D eigenvalue weighted by molar-refractivity contribution is 8.18. The molecule has 0 saturated carbocycles. The highest BCUT2D eigenvalue weighted by Crippen LogP contribution is 2.31. The summed E-state index contributed by atoms with van der Waals surface area (Å²) in [5, 5.41) is 14.3. The van der Waals surface area contributed by atoms with Crippen LogP contribution in [0.1, 0.15) is 28.1 Å². The van der Waals surface area contributed by atoms with Crippen LogP contribution in [0.4, 0.5) is 11.4 Å². The third kappa shape index (κ3) is 4.36. The number of amidine groups is 1. The zero-order valence-electron chi connectivity index (χ0n) is 18.2. The number of hydrogen-bond acceptors (Lipinski definition) is 5. The van der Waals surface area contributed by atoms with Gasteiger partial charge in [0, 0.05) is 29.2 Å². The smallest absolute Gasteiger partial charge is 0.269 e. The zero-order valence-corrected chi connectivity index (χ0v) is 19.0. The van der Waals surface area contributed by atoms with Crippen molar-refractivity contribution in [1.29, 1.82) is 0 Å². The minimum atomic E-state index is -0.415. The Labute approximate surface area is 190 Å². The number of nitrogens with one attached hydrogen (secondary N) is 1. The first kappa shape index (κ1) is 21.6. The molecule has 1 fully saturated rings. The van der Waals surface area contributed by atoms with Gasteiger partial charge in [0.25, 0.3) is 11.6 Å². The van der Waals surface area contributed by atoms with E-state index in [-0.39, 0.29) is 11.6 Å². The molecule has 8 heteroatoms. The van der Waals surface area contributed by atoms with Gasteiger partial charge in [0.2, 0.25) is 0 Å². The molecule has 32 heavy (non-hydrogen) atoms. The fraction of sp³-hybridized carbons (Fsp3) is 0.167. The average Bonchev–Trinajstić information content (AvgIpc) is 3.19. The Kier molecular flexibility index (Phi) is 5.71. The first-order valence-corrected chi connectivity index (χ1v) is 10.8. The Balaban J connectivity index is 1.63. The van der Waals surface area contributed by atoms with Crippen LogP contribution in [-0.4, -0.2) is 20.6 Å². The fourth-order valence-corrected chi connectivity index (χ4v) is 4.64. The lowest BCUT2D eigenvalue weighted by atomic mass is 10.1. The molecule has 3 aromatic rings. The van der Waals surface area contributed by atoms with Crippen LogP contribution in [0.3, 0.4) is 0 Å². The minimum absolute atomic E-state index is 0.0493. The lowest BCUT2D eigenvalue weighted by Gasteiger charge is -2.09. The number of rotatable bonds is 4. The molecule has 0 bridgehead atoms. The first-order chi connectivity index (χ1) is 15.2. The molecule has 1 amide bonds. The molecule has 0 spiro atoms. The molecule has 1 aliphatic heterocycles. The molecule has 1 N–H and O–H groups in total. The predicted molar refractivity (Wildman–Crippen MR) is 129 cm³/mol. The number of nitrogens with zero attached hydrogens (tertiary/aromatic N) is 3. The van der Waals surface area contributed by atoms with E-state index in [4.69, 9.17) is 0 Å². The fourth-order valence-electron chi connectivity index (χ4n) is 3.81. The molecule has 2 heterocycles. The number of aryl methyl sites for hydroxylation is 3. The van der Waals surface area contributed by atoms with Crippen molar-refractivity contribution in [3.63, 3.8) is 0 Å². The van der Waals surface area contributed by atoms with Crippen molar-refractivity contribution in [1.82, 2.24) is 9.88 Å². The lowest BCUT2D eigenvalue weighted by Crippen LogP contribution is -2.19. The Morgan fingerprint density at radius 1 is 1.03 bits per heavy atom. The third-order valence-electron chi connectivity index (χ3n) is 5.16. The van der Waals surface area contributed by atoms with E-state index in [1.807, 2.05) is 56.5 Å². The van der Waals surface area contributed by atoms with E-state index in [2.05, 4.69) is 16.4 Å². The maximum absolute atomic E-state index is 12.5. The van der Waals surface area contributed by atoms with Crippen molar-refractivity contribution in [3.8, 4) is 5.69 Å². The highest BCUT2D eigenvalue weighted by atomic mass is 32.2. The Morgan fingerprint density at radius 3 is 2.31 bits per heavy atom. The quantitative estimate of drug-likeness (QED) is 0.325. The monoisotopic (exact) mass is 446 g/mol. The van der Waals surface area contributed by atoms with Gasteiger partial charge in [-0.25, -0.2) is 4.99 Å². The van der Waals surface area contributed by atoms with Crippen LogP contribution in [0.5, 0.6) is 0 Å². The van der Waals surface area contributed by atoms with E-state index in [1.54, 1.807) is 12.1 Å². The average molecular weight is 447 g/mol. The van der Waals surface area contributed by atoms with E-state index >= 15 is 0 Å². The SMILES string of the molecule is Cc1cc(C)cc(N=C2NC(=O)C(=Cc3cc(C)n(-c4ccc([N+](=O)[O-])cc4)c3C)S2)c1. The van der Waals surface area contributed by atoms with Gasteiger partial charge < -0.3 is 9.88 Å². The van der Waals surface area contributed by atoms with Crippen LogP contribution in [0.2, 0.25) is 0 Å². The summed E-state index contributed by atoms with van der Waals surface area (Å²) < 4.78 is 2.01. The van der Waals surface area contributed by atoms with Crippen molar-refractivity contribution in [2.24, 2.45) is 4.99 Å². The zero-order chi connectivity index (χ0) is 23.0. The summed E-state index contributed by atoms with van der Waals surface area (Å²) >= 11 is 1.31. The van der Waals surface area contributed by atoms with Gasteiger partial charge in [-0.3, -0.25) is 14.9 Å². The molecule has 2 aromatic carbocycles. The van der Waals surface area contributed by atoms with Crippen molar-refractivity contribution < 1.29 is 9.72 Å². The van der Waals surface area contributed by atoms with E-state index in [9.17, 15) is 14.9 Å². The number of nitro benzene ring substituents is 1. The molecular weight excluding hydrogens is 424 g/mol. The second kappa shape index (κ2) is 8.47. The molecule has 0 atom stereocenters. The molecular formula is C24H22N4O3S. The summed E-state index contributed by atoms with van der Waals surface area (Å²) in [4.78, 5) is 28.2. The molecule has 1 aliphatic rings. The molecule has 1 aromatic heterocycles. The van der Waals surface area contributed by atoms with Crippen molar-refractivity contribution in [3.05, 3.63) is 91.6 Å². The molecule has 7 nitrogen and oxygen atoms in total. The number of hydrogen-bond donors (Lipinski definition) is 1. The summed E-state index contributed by atoms with van der Waals surface area (Å²) in [5.74, 6) is -0.182. The number of carbonyl (C=O) groups excluding carboxylic acids is 1. The standard InChI is InChI=1S/C24H22N4O3S/c1-14-9-15(2)11-19(10-14)25-24-26-23(29)22(32-24)13-18-12-16(3)27(17(18)4)20-5-7-21(8-6-20)28(30)31/h5-13H,1-4H3,(H,25,26,29). The van der Waals surface area contributed by atoms with Gasteiger partial charge in [-0.2, -0.15) is 0 Å². The number of non-ortho nitro benzene ring substituents is 1. The van der Waals surface area contributed by atoms with Gasteiger partial charge in [-0.15, -0.1) is 0 Å². The largest absolute Gasteiger partial charge is 0.318 e. The maximum atomic E-state index is 12.5. The number of nitro groups is 1. The molecule has 162 valence electrons. The van der Waals surface area contributed by atoms with E-state index in [0.717, 1.165) is 39.5 Å². The summed E-state index contributed by atoms with van der Waals surface area (Å²) in [5.41, 5.74) is 6.74. The van der Waals surface area contributed by atoms with E-state index in [0.29, 0.717) is 10.1 Å². The maximum Gasteiger partial charge on any atom is 0.269 e. The van der Waals surface area contributed by atoms with Crippen molar-refractivity contribution in [2.75, 3.05) is 0 Å². The van der Waals surface area contributed by atoms with Gasteiger partial charge in [-0.05, 0) is 92.6 Å². The second-order valence-corrected chi connectivity index (χ2v) is 8.79. The van der Waals surface area contributed by atoms with E-state index < -0.39 is 4.92 Å². The van der Waals surface area contributed by atoms with Crippen LogP contribution in [0.15, 0.2) is 58.4 Å². The van der Waals surface area contributed by atoms with Crippen molar-refractivity contribution in [2.45, 2.75) is 27.7 Å². The second-order valence-electron chi connectivity index (χ2n) is 7.76. The molecule has 1 saturated heterocycles. The number of aromatic nitrogens is 1. The number of aliphatic imine (C=N–C) groups is 1. The van der Waals surface area contributed by atoms with E-state index in [1.165, 1.54) is 23.9 Å². The molecule has 0 unspecified atom stereocenters. The number of benzene rings is 2. The van der Waals surface area contributed by atoms with Crippen LogP contribution in [0.25, 0.3) is 11.8 Å². The summed E-state index contributed by atoms with van der Waals surface area (Å²) in [6.07, 6.45) is 1.86. The first-order valence-electron chi connectivity index (χ1n) is 10.0. The molecule has 0 radical (unpaired) electrons. The Bertz CT molecular complexity index is 1280. The van der Waals surface area contributed by atoms with Crippen LogP contribution >= 0.6 is 11.8 Å². The summed E-state index contributed by atoms with van der Waals surface area (Å²) in [6.45, 7) is 7.96. The van der Waals surface area contributed by atoms with Crippen LogP contribution in [-0.2, 0) is 4.79 Å².